The number of fused-ring (bicyclic) bond motifs is 1. The van der Waals surface area contributed by atoms with E-state index in [0.717, 1.165) is 30.8 Å². The Hall–Kier alpha value is -2.28. The van der Waals surface area contributed by atoms with Crippen LogP contribution in [-0.4, -0.2) is 29.1 Å². The zero-order valence-electron chi connectivity index (χ0n) is 16.0. The van der Waals surface area contributed by atoms with E-state index in [2.05, 4.69) is 39.5 Å². The molecule has 2 amide bonds. The molecule has 0 saturated heterocycles. The molecule has 3 aromatic rings. The number of nitrogens with one attached hydrogen (secondary N) is 2. The predicted octanol–water partition coefficient (Wildman–Crippen LogP) is 4.81. The number of rotatable bonds is 4. The summed E-state index contributed by atoms with van der Waals surface area (Å²) in [7, 11) is 2.15. The van der Waals surface area contributed by atoms with Gasteiger partial charge in [0.1, 0.15) is 5.00 Å². The van der Waals surface area contributed by atoms with E-state index >= 15 is 0 Å². The summed E-state index contributed by atoms with van der Waals surface area (Å²) in [6.45, 7) is 4.44. The highest BCUT2D eigenvalue weighted by molar-refractivity contribution is 7.14. The molecule has 0 saturated carbocycles. The fourth-order valence-electron chi connectivity index (χ4n) is 3.51. The zero-order valence-corrected chi connectivity index (χ0v) is 17.5. The number of carbonyl (C=O) groups excluding carboxylic acids is 1. The van der Waals surface area contributed by atoms with Gasteiger partial charge in [-0.1, -0.05) is 17.7 Å². The third kappa shape index (κ3) is 3.94. The Morgan fingerprint density at radius 1 is 1.29 bits per heavy atom. The minimum atomic E-state index is -0.225. The highest BCUT2D eigenvalue weighted by Gasteiger charge is 2.23. The summed E-state index contributed by atoms with van der Waals surface area (Å²) in [5.41, 5.74) is 4.29. The van der Waals surface area contributed by atoms with Crippen LogP contribution in [0.15, 0.2) is 42.7 Å². The van der Waals surface area contributed by atoms with Gasteiger partial charge in [0.05, 0.1) is 0 Å². The van der Waals surface area contributed by atoms with E-state index in [4.69, 9.17) is 11.6 Å². The number of halogens is 1. The van der Waals surface area contributed by atoms with Crippen molar-refractivity contribution in [3.63, 3.8) is 0 Å². The number of nitrogens with zero attached hydrogens (tertiary/aromatic N) is 2. The van der Waals surface area contributed by atoms with Crippen LogP contribution < -0.4 is 10.6 Å². The fourth-order valence-corrected chi connectivity index (χ4v) is 5.09. The maximum Gasteiger partial charge on any atom is 0.319 e. The average molecular weight is 415 g/mol. The highest BCUT2D eigenvalue weighted by Crippen LogP contribution is 2.35. The first-order valence-electron chi connectivity index (χ1n) is 9.27. The van der Waals surface area contributed by atoms with Gasteiger partial charge in [0.15, 0.2) is 0 Å². The number of anilines is 1. The first-order chi connectivity index (χ1) is 13.5. The summed E-state index contributed by atoms with van der Waals surface area (Å²) >= 11 is 7.87. The molecule has 0 spiro atoms. The third-order valence-corrected chi connectivity index (χ3v) is 6.56. The van der Waals surface area contributed by atoms with E-state index in [-0.39, 0.29) is 6.03 Å². The predicted molar refractivity (Wildman–Crippen MR) is 116 cm³/mol. The van der Waals surface area contributed by atoms with Crippen molar-refractivity contribution in [2.45, 2.75) is 26.4 Å². The molecule has 0 unspecified atom stereocenters. The van der Waals surface area contributed by atoms with Crippen molar-refractivity contribution in [1.82, 2.24) is 14.8 Å². The number of urea groups is 1. The van der Waals surface area contributed by atoms with E-state index < -0.39 is 0 Å². The Kier molecular flexibility index (Phi) is 5.44. The number of thiophene rings is 1. The minimum Gasteiger partial charge on any atom is -0.334 e. The van der Waals surface area contributed by atoms with Crippen molar-refractivity contribution in [2.24, 2.45) is 0 Å². The van der Waals surface area contributed by atoms with E-state index in [1.807, 2.05) is 42.5 Å². The average Bonchev–Trinajstić information content (AvgIpc) is 3.30. The Morgan fingerprint density at radius 3 is 2.86 bits per heavy atom. The Bertz CT molecular complexity index is 996. The molecule has 7 heteroatoms. The second kappa shape index (κ2) is 7.99. The first-order valence-corrected chi connectivity index (χ1v) is 10.5. The van der Waals surface area contributed by atoms with Gasteiger partial charge in [0, 0.05) is 53.2 Å². The molecular weight excluding hydrogens is 392 g/mol. The molecule has 1 aromatic carbocycles. The Labute approximate surface area is 173 Å². The SMILES string of the molecule is Cc1ccc(Cl)cc1NC(=O)NCc1c(-n2cccc2)sc2c1CCN(C)C2. The molecule has 1 aliphatic heterocycles. The molecule has 3 heterocycles. The van der Waals surface area contributed by atoms with Crippen LogP contribution >= 0.6 is 22.9 Å². The standard InChI is InChI=1S/C21H23ClN4OS/c1-14-5-6-15(22)11-18(14)24-21(27)23-12-17-16-7-10-25(2)13-19(16)28-20(17)26-8-3-4-9-26/h3-6,8-9,11H,7,10,12-13H2,1-2H3,(H2,23,24,27). The molecule has 2 N–H and O–H groups in total. The van der Waals surface area contributed by atoms with Gasteiger partial charge < -0.3 is 20.1 Å². The molecule has 0 radical (unpaired) electrons. The molecule has 0 fully saturated rings. The van der Waals surface area contributed by atoms with Gasteiger partial charge in [-0.2, -0.15) is 0 Å². The molecule has 4 rings (SSSR count). The Morgan fingerprint density at radius 2 is 2.07 bits per heavy atom. The second-order valence-corrected chi connectivity index (χ2v) is 8.65. The topological polar surface area (TPSA) is 49.3 Å². The summed E-state index contributed by atoms with van der Waals surface area (Å²) in [5.74, 6) is 0. The lowest BCUT2D eigenvalue weighted by molar-refractivity contribution is 0.251. The van der Waals surface area contributed by atoms with E-state index in [1.54, 1.807) is 6.07 Å². The van der Waals surface area contributed by atoms with Crippen LogP contribution in [-0.2, 0) is 19.5 Å². The summed E-state index contributed by atoms with van der Waals surface area (Å²) in [5, 5.41) is 7.73. The molecule has 146 valence electrons. The second-order valence-electron chi connectivity index (χ2n) is 7.13. The van der Waals surface area contributed by atoms with Crippen LogP contribution in [0.5, 0.6) is 0 Å². The molecule has 0 bridgehead atoms. The van der Waals surface area contributed by atoms with Crippen molar-refractivity contribution in [2.75, 3.05) is 18.9 Å². The molecule has 0 atom stereocenters. The van der Waals surface area contributed by atoms with Crippen molar-refractivity contribution in [1.29, 1.82) is 0 Å². The molecule has 0 aliphatic carbocycles. The highest BCUT2D eigenvalue weighted by atomic mass is 35.5. The number of benzene rings is 1. The van der Waals surface area contributed by atoms with Gasteiger partial charge in [-0.05, 0) is 55.8 Å². The van der Waals surface area contributed by atoms with E-state index in [0.29, 0.717) is 11.6 Å². The number of likely N-dealkylation sites (N-methyl/N-ethyl adjacent to an activating group) is 1. The van der Waals surface area contributed by atoms with Crippen LogP contribution in [0.4, 0.5) is 10.5 Å². The van der Waals surface area contributed by atoms with Crippen molar-refractivity contribution in [3.8, 4) is 5.00 Å². The molecule has 2 aromatic heterocycles. The maximum atomic E-state index is 12.5. The quantitative estimate of drug-likeness (QED) is 0.643. The largest absolute Gasteiger partial charge is 0.334 e. The fraction of sp³-hybridized carbons (Fsp3) is 0.286. The maximum absolute atomic E-state index is 12.5. The zero-order chi connectivity index (χ0) is 19.7. The lowest BCUT2D eigenvalue weighted by Gasteiger charge is -2.22. The summed E-state index contributed by atoms with van der Waals surface area (Å²) < 4.78 is 2.14. The van der Waals surface area contributed by atoms with Crippen molar-refractivity contribution in [3.05, 3.63) is 69.3 Å². The van der Waals surface area contributed by atoms with E-state index in [1.165, 1.54) is 21.0 Å². The van der Waals surface area contributed by atoms with Crippen molar-refractivity contribution >= 4 is 34.7 Å². The summed E-state index contributed by atoms with van der Waals surface area (Å²) in [6, 6.07) is 9.31. The molecular formula is C21H23ClN4OS. The molecule has 5 nitrogen and oxygen atoms in total. The number of hydrogen-bond donors (Lipinski definition) is 2. The van der Waals surface area contributed by atoms with Gasteiger partial charge in [-0.15, -0.1) is 11.3 Å². The van der Waals surface area contributed by atoms with Crippen LogP contribution in [0.2, 0.25) is 5.02 Å². The van der Waals surface area contributed by atoms with Gasteiger partial charge in [-0.3, -0.25) is 0 Å². The third-order valence-electron chi connectivity index (χ3n) is 5.05. The lowest BCUT2D eigenvalue weighted by Crippen LogP contribution is -2.30. The van der Waals surface area contributed by atoms with Gasteiger partial charge in [0.2, 0.25) is 0 Å². The summed E-state index contributed by atoms with van der Waals surface area (Å²) in [4.78, 5) is 16.2. The van der Waals surface area contributed by atoms with Gasteiger partial charge >= 0.3 is 6.03 Å². The monoisotopic (exact) mass is 414 g/mol. The van der Waals surface area contributed by atoms with Crippen LogP contribution in [0.1, 0.15) is 21.6 Å². The van der Waals surface area contributed by atoms with Gasteiger partial charge in [-0.25, -0.2) is 4.79 Å². The lowest BCUT2D eigenvalue weighted by atomic mass is 10.0. The number of hydrogen-bond acceptors (Lipinski definition) is 3. The van der Waals surface area contributed by atoms with Crippen LogP contribution in [0.3, 0.4) is 0 Å². The van der Waals surface area contributed by atoms with E-state index in [9.17, 15) is 4.79 Å². The number of amides is 2. The number of aromatic nitrogens is 1. The number of carbonyl (C=O) groups is 1. The Balaban J connectivity index is 1.54. The first kappa shape index (κ1) is 19.1. The minimum absolute atomic E-state index is 0.225. The van der Waals surface area contributed by atoms with Gasteiger partial charge in [0.25, 0.3) is 0 Å². The smallest absolute Gasteiger partial charge is 0.319 e. The molecule has 28 heavy (non-hydrogen) atoms. The molecule has 1 aliphatic rings. The van der Waals surface area contributed by atoms with Crippen LogP contribution in [0.25, 0.3) is 5.00 Å². The van der Waals surface area contributed by atoms with Crippen molar-refractivity contribution < 1.29 is 4.79 Å². The number of aryl methyl sites for hydroxylation is 1. The normalized spacial score (nSPS) is 14.0. The summed E-state index contributed by atoms with van der Waals surface area (Å²) in [6.07, 6.45) is 5.12. The van der Waals surface area contributed by atoms with Crippen LogP contribution in [0, 0.1) is 6.92 Å².